The van der Waals surface area contributed by atoms with Gasteiger partial charge in [-0.2, -0.15) is 0 Å². The van der Waals surface area contributed by atoms with E-state index in [4.69, 9.17) is 4.42 Å². The van der Waals surface area contributed by atoms with Crippen LogP contribution in [0, 0.1) is 0 Å². The number of hydrogen-bond acceptors (Lipinski definition) is 4. The largest absolute Gasteiger partial charge is 0.440 e. The Labute approximate surface area is 83.3 Å². The van der Waals surface area contributed by atoms with Gasteiger partial charge in [-0.1, -0.05) is 11.8 Å². The molecule has 1 rings (SSSR count). The van der Waals surface area contributed by atoms with Gasteiger partial charge in [-0.15, -0.1) is 0 Å². The monoisotopic (exact) mass is 200 g/mol. The summed E-state index contributed by atoms with van der Waals surface area (Å²) in [7, 11) is 1.99. The average molecular weight is 200 g/mol. The van der Waals surface area contributed by atoms with Crippen LogP contribution in [-0.2, 0) is 0 Å². The van der Waals surface area contributed by atoms with E-state index in [0.717, 1.165) is 11.0 Å². The standard InChI is InChI=1S/C9H16N2OS/c1-8(10-2)4-3-7-13-9-11-5-6-12-9/h5-6,8,10H,3-4,7H2,1-2H3. The lowest BCUT2D eigenvalue weighted by Crippen LogP contribution is -2.20. The molecule has 1 atom stereocenters. The Morgan fingerprint density at radius 1 is 1.69 bits per heavy atom. The Kier molecular flexibility index (Phi) is 4.93. The molecule has 0 aliphatic heterocycles. The Hall–Kier alpha value is -0.480. The Balaban J connectivity index is 2.02. The van der Waals surface area contributed by atoms with Gasteiger partial charge < -0.3 is 9.73 Å². The first-order valence-electron chi connectivity index (χ1n) is 4.52. The van der Waals surface area contributed by atoms with Crippen molar-refractivity contribution in [2.24, 2.45) is 0 Å². The minimum Gasteiger partial charge on any atom is -0.440 e. The van der Waals surface area contributed by atoms with Crippen molar-refractivity contribution in [3.63, 3.8) is 0 Å². The van der Waals surface area contributed by atoms with Crippen molar-refractivity contribution in [3.05, 3.63) is 12.5 Å². The van der Waals surface area contributed by atoms with Gasteiger partial charge >= 0.3 is 0 Å². The average Bonchev–Trinajstić information content (AvgIpc) is 2.64. The minimum absolute atomic E-state index is 0.602. The van der Waals surface area contributed by atoms with Crippen LogP contribution in [0.25, 0.3) is 0 Å². The molecule has 0 saturated heterocycles. The molecule has 0 bridgehead atoms. The van der Waals surface area contributed by atoms with Crippen LogP contribution in [0.3, 0.4) is 0 Å². The van der Waals surface area contributed by atoms with E-state index < -0.39 is 0 Å². The first kappa shape index (κ1) is 10.6. The maximum atomic E-state index is 5.10. The number of oxazole rings is 1. The van der Waals surface area contributed by atoms with E-state index in [2.05, 4.69) is 17.2 Å². The lowest BCUT2D eigenvalue weighted by atomic mass is 10.2. The maximum absolute atomic E-state index is 5.10. The highest BCUT2D eigenvalue weighted by Crippen LogP contribution is 2.16. The summed E-state index contributed by atoms with van der Waals surface area (Å²) in [6, 6.07) is 0.602. The Bertz CT molecular complexity index is 213. The topological polar surface area (TPSA) is 38.1 Å². The van der Waals surface area contributed by atoms with Gasteiger partial charge in [0.1, 0.15) is 6.26 Å². The highest BCUT2D eigenvalue weighted by molar-refractivity contribution is 7.99. The van der Waals surface area contributed by atoms with Crippen LogP contribution in [0.15, 0.2) is 22.1 Å². The molecule has 0 amide bonds. The molecule has 0 saturated carbocycles. The van der Waals surface area contributed by atoms with Gasteiger partial charge in [0.15, 0.2) is 0 Å². The van der Waals surface area contributed by atoms with Gasteiger partial charge in [0.05, 0.1) is 6.20 Å². The number of thioether (sulfide) groups is 1. The molecule has 0 aliphatic rings. The second-order valence-electron chi connectivity index (χ2n) is 2.98. The van der Waals surface area contributed by atoms with E-state index in [-0.39, 0.29) is 0 Å². The summed E-state index contributed by atoms with van der Waals surface area (Å²) in [5, 5.41) is 3.99. The van der Waals surface area contributed by atoms with Gasteiger partial charge in [-0.05, 0) is 26.8 Å². The quantitative estimate of drug-likeness (QED) is 0.564. The van der Waals surface area contributed by atoms with Crippen molar-refractivity contribution < 1.29 is 4.42 Å². The third kappa shape index (κ3) is 4.33. The SMILES string of the molecule is CNC(C)CCCSc1ncco1. The van der Waals surface area contributed by atoms with Crippen molar-refractivity contribution in [2.75, 3.05) is 12.8 Å². The van der Waals surface area contributed by atoms with E-state index in [1.165, 1.54) is 12.8 Å². The smallest absolute Gasteiger partial charge is 0.255 e. The summed E-state index contributed by atoms with van der Waals surface area (Å²) in [5.74, 6) is 1.08. The maximum Gasteiger partial charge on any atom is 0.255 e. The Morgan fingerprint density at radius 2 is 2.54 bits per heavy atom. The second kappa shape index (κ2) is 6.05. The van der Waals surface area contributed by atoms with Crippen LogP contribution in [0.5, 0.6) is 0 Å². The zero-order chi connectivity index (χ0) is 9.52. The van der Waals surface area contributed by atoms with Crippen molar-refractivity contribution >= 4 is 11.8 Å². The van der Waals surface area contributed by atoms with Gasteiger partial charge in [0.25, 0.3) is 5.22 Å². The number of nitrogens with zero attached hydrogens (tertiary/aromatic N) is 1. The third-order valence-corrected chi connectivity index (χ3v) is 2.85. The van der Waals surface area contributed by atoms with Gasteiger partial charge in [0, 0.05) is 11.8 Å². The van der Waals surface area contributed by atoms with Crippen molar-refractivity contribution in [1.29, 1.82) is 0 Å². The molecule has 4 heteroatoms. The van der Waals surface area contributed by atoms with E-state index in [1.807, 2.05) is 7.05 Å². The fourth-order valence-electron chi connectivity index (χ4n) is 0.975. The zero-order valence-electron chi connectivity index (χ0n) is 8.12. The van der Waals surface area contributed by atoms with Gasteiger partial charge in [-0.25, -0.2) is 4.98 Å². The van der Waals surface area contributed by atoms with Crippen LogP contribution in [-0.4, -0.2) is 23.8 Å². The molecule has 1 aromatic rings. The van der Waals surface area contributed by atoms with Crippen molar-refractivity contribution in [3.8, 4) is 0 Å². The molecule has 3 nitrogen and oxygen atoms in total. The number of aromatic nitrogens is 1. The normalized spacial score (nSPS) is 13.1. The molecule has 0 fully saturated rings. The second-order valence-corrected chi connectivity index (χ2v) is 4.02. The molecule has 0 spiro atoms. The molecule has 0 aromatic carbocycles. The summed E-state index contributed by atoms with van der Waals surface area (Å²) >= 11 is 1.67. The molecule has 1 aromatic heterocycles. The number of rotatable bonds is 6. The van der Waals surface area contributed by atoms with Crippen LogP contribution in [0.1, 0.15) is 19.8 Å². The molecule has 0 radical (unpaired) electrons. The molecule has 1 unspecified atom stereocenters. The number of hydrogen-bond donors (Lipinski definition) is 1. The van der Waals surface area contributed by atoms with Gasteiger partial charge in [0.2, 0.25) is 0 Å². The third-order valence-electron chi connectivity index (χ3n) is 1.91. The minimum atomic E-state index is 0.602. The summed E-state index contributed by atoms with van der Waals surface area (Å²) in [4.78, 5) is 4.03. The summed E-state index contributed by atoms with van der Waals surface area (Å²) in [6.45, 7) is 2.19. The molecular weight excluding hydrogens is 184 g/mol. The van der Waals surface area contributed by atoms with E-state index in [0.29, 0.717) is 6.04 Å². The van der Waals surface area contributed by atoms with Crippen LogP contribution < -0.4 is 5.32 Å². The first-order chi connectivity index (χ1) is 6.33. The van der Waals surface area contributed by atoms with E-state index in [9.17, 15) is 0 Å². The lowest BCUT2D eigenvalue weighted by molar-refractivity contribution is 0.453. The highest BCUT2D eigenvalue weighted by Gasteiger charge is 2.00. The van der Waals surface area contributed by atoms with Crippen molar-refractivity contribution in [2.45, 2.75) is 31.0 Å². The molecule has 0 aliphatic carbocycles. The van der Waals surface area contributed by atoms with E-state index in [1.54, 1.807) is 24.2 Å². The summed E-state index contributed by atoms with van der Waals surface area (Å²) in [6.07, 6.45) is 5.68. The van der Waals surface area contributed by atoms with Crippen LogP contribution >= 0.6 is 11.8 Å². The fraction of sp³-hybridized carbons (Fsp3) is 0.667. The van der Waals surface area contributed by atoms with Crippen LogP contribution in [0.2, 0.25) is 0 Å². The Morgan fingerprint density at radius 3 is 3.15 bits per heavy atom. The lowest BCUT2D eigenvalue weighted by Gasteiger charge is -2.07. The molecule has 1 heterocycles. The fourth-order valence-corrected chi connectivity index (χ4v) is 1.72. The zero-order valence-corrected chi connectivity index (χ0v) is 8.93. The molecular formula is C9H16N2OS. The first-order valence-corrected chi connectivity index (χ1v) is 5.51. The number of nitrogens with one attached hydrogen (secondary N) is 1. The van der Waals surface area contributed by atoms with Crippen molar-refractivity contribution in [1.82, 2.24) is 10.3 Å². The summed E-state index contributed by atoms with van der Waals surface area (Å²) in [5.41, 5.74) is 0. The molecule has 1 N–H and O–H groups in total. The molecule has 74 valence electrons. The predicted octanol–water partition coefficient (Wildman–Crippen LogP) is 2.15. The highest BCUT2D eigenvalue weighted by atomic mass is 32.2. The van der Waals surface area contributed by atoms with Crippen LogP contribution in [0.4, 0.5) is 0 Å². The van der Waals surface area contributed by atoms with Gasteiger partial charge in [-0.3, -0.25) is 0 Å². The summed E-state index contributed by atoms with van der Waals surface area (Å²) < 4.78 is 5.10. The van der Waals surface area contributed by atoms with E-state index >= 15 is 0 Å². The molecule has 13 heavy (non-hydrogen) atoms. The predicted molar refractivity (Wildman–Crippen MR) is 55.0 cm³/mol.